The Balaban J connectivity index is 2.06. The van der Waals surface area contributed by atoms with Gasteiger partial charge in [-0.05, 0) is 42.0 Å². The van der Waals surface area contributed by atoms with Gasteiger partial charge in [-0.25, -0.2) is 8.42 Å². The average molecular weight is 386 g/mol. The van der Waals surface area contributed by atoms with Gasteiger partial charge in [0.05, 0.1) is 4.90 Å². The number of carbonyl (C=O) groups is 1. The van der Waals surface area contributed by atoms with E-state index in [1.807, 2.05) is 0 Å². The van der Waals surface area contributed by atoms with Crippen LogP contribution in [-0.2, 0) is 14.6 Å². The van der Waals surface area contributed by atoms with E-state index in [0.29, 0.717) is 15.6 Å². The Bertz CT molecular complexity index is 897. The molecule has 3 rings (SSSR count). The number of carboxylic acids is 1. The highest BCUT2D eigenvalue weighted by Crippen LogP contribution is 2.55. The van der Waals surface area contributed by atoms with Gasteiger partial charge in [0.1, 0.15) is 10.8 Å². The van der Waals surface area contributed by atoms with Crippen molar-refractivity contribution < 1.29 is 18.3 Å². The molecule has 126 valence electrons. The molecule has 0 radical (unpaired) electrons. The van der Waals surface area contributed by atoms with Crippen molar-refractivity contribution in [2.45, 2.75) is 21.6 Å². The smallest absolute Gasteiger partial charge is 0.325 e. The van der Waals surface area contributed by atoms with E-state index in [2.05, 4.69) is 0 Å². The molecule has 1 saturated carbocycles. The van der Waals surface area contributed by atoms with Crippen LogP contribution in [0.25, 0.3) is 0 Å². The summed E-state index contributed by atoms with van der Waals surface area (Å²) in [4.78, 5) is 11.6. The fourth-order valence-electron chi connectivity index (χ4n) is 2.96. The molecular formula is C16H13Cl2NO4S. The third-order valence-electron chi connectivity index (χ3n) is 4.26. The van der Waals surface area contributed by atoms with Crippen molar-refractivity contribution in [3.63, 3.8) is 0 Å². The third-order valence-corrected chi connectivity index (χ3v) is 7.02. The van der Waals surface area contributed by atoms with Crippen molar-refractivity contribution in [1.82, 2.24) is 0 Å². The summed E-state index contributed by atoms with van der Waals surface area (Å²) in [7, 11) is -3.94. The minimum atomic E-state index is -3.94. The number of hydrogen-bond donors (Lipinski definition) is 2. The van der Waals surface area contributed by atoms with E-state index in [-0.39, 0.29) is 4.90 Å². The SMILES string of the molecule is N[C@]1(C(=O)O)[C@H](c2ccc(Cl)cc2)[C@H]1S(=O)(=O)c1ccc(Cl)cc1. The lowest BCUT2D eigenvalue weighted by Crippen LogP contribution is -2.39. The summed E-state index contributed by atoms with van der Waals surface area (Å²) in [5.74, 6) is -2.21. The Hall–Kier alpha value is -1.60. The van der Waals surface area contributed by atoms with E-state index < -0.39 is 32.5 Å². The molecule has 1 aliphatic carbocycles. The second kappa shape index (κ2) is 5.74. The number of sulfone groups is 1. The molecule has 3 atom stereocenters. The van der Waals surface area contributed by atoms with Crippen LogP contribution in [0.3, 0.4) is 0 Å². The lowest BCUT2D eigenvalue weighted by atomic mass is 10.1. The molecule has 0 amide bonds. The second-order valence-electron chi connectivity index (χ2n) is 5.69. The highest BCUT2D eigenvalue weighted by Gasteiger charge is 2.74. The first-order chi connectivity index (χ1) is 11.2. The first-order valence-corrected chi connectivity index (χ1v) is 9.26. The van der Waals surface area contributed by atoms with Gasteiger partial charge in [0.25, 0.3) is 0 Å². The summed E-state index contributed by atoms with van der Waals surface area (Å²) in [6.07, 6.45) is 0. The second-order valence-corrected chi connectivity index (χ2v) is 8.63. The molecule has 1 aliphatic rings. The zero-order chi connectivity index (χ0) is 17.7. The number of hydrogen-bond acceptors (Lipinski definition) is 4. The van der Waals surface area contributed by atoms with Crippen LogP contribution >= 0.6 is 23.2 Å². The summed E-state index contributed by atoms with van der Waals surface area (Å²) in [6, 6.07) is 11.9. The van der Waals surface area contributed by atoms with Crippen molar-refractivity contribution >= 4 is 39.0 Å². The van der Waals surface area contributed by atoms with Crippen LogP contribution in [0.4, 0.5) is 0 Å². The van der Waals surface area contributed by atoms with Gasteiger partial charge >= 0.3 is 5.97 Å². The molecule has 0 saturated heterocycles. The standard InChI is InChI=1S/C16H13Cl2NO4S/c17-10-3-1-9(2-4-10)13-14(16(13,19)15(20)21)24(22,23)12-7-5-11(18)6-8-12/h1-8,13-14H,19H2,(H,20,21)/t13-,14-,16-/m1/s1. The highest BCUT2D eigenvalue weighted by atomic mass is 35.5. The maximum absolute atomic E-state index is 12.9. The third kappa shape index (κ3) is 2.59. The quantitative estimate of drug-likeness (QED) is 0.842. The monoisotopic (exact) mass is 385 g/mol. The lowest BCUT2D eigenvalue weighted by Gasteiger charge is -2.06. The molecule has 0 bridgehead atoms. The van der Waals surface area contributed by atoms with Crippen LogP contribution in [0.2, 0.25) is 10.0 Å². The Morgan fingerprint density at radius 3 is 1.92 bits per heavy atom. The van der Waals surface area contributed by atoms with Gasteiger partial charge in [-0.2, -0.15) is 0 Å². The van der Waals surface area contributed by atoms with Crippen molar-refractivity contribution in [3.8, 4) is 0 Å². The fraction of sp³-hybridized carbons (Fsp3) is 0.188. The molecule has 2 aromatic rings. The lowest BCUT2D eigenvalue weighted by molar-refractivity contribution is -0.139. The van der Waals surface area contributed by atoms with Gasteiger partial charge in [-0.1, -0.05) is 35.3 Å². The Labute approximate surface area is 148 Å². The summed E-state index contributed by atoms with van der Waals surface area (Å²) < 4.78 is 25.7. The molecule has 0 unspecified atom stereocenters. The average Bonchev–Trinajstić information content (AvgIpc) is 3.17. The molecular weight excluding hydrogens is 373 g/mol. The van der Waals surface area contributed by atoms with E-state index in [0.717, 1.165) is 0 Å². The van der Waals surface area contributed by atoms with E-state index in [1.165, 1.54) is 24.3 Å². The molecule has 0 aliphatic heterocycles. The molecule has 2 aromatic carbocycles. The maximum atomic E-state index is 12.9. The van der Waals surface area contributed by atoms with Crippen molar-refractivity contribution in [1.29, 1.82) is 0 Å². The van der Waals surface area contributed by atoms with Gasteiger partial charge < -0.3 is 10.8 Å². The maximum Gasteiger partial charge on any atom is 0.325 e. The predicted molar refractivity (Wildman–Crippen MR) is 91.2 cm³/mol. The Morgan fingerprint density at radius 1 is 1.00 bits per heavy atom. The molecule has 0 aromatic heterocycles. The number of carboxylic acid groups (broad SMARTS) is 1. The summed E-state index contributed by atoms with van der Waals surface area (Å²) >= 11 is 11.6. The first kappa shape index (κ1) is 17.2. The minimum absolute atomic E-state index is 0.00978. The van der Waals surface area contributed by atoms with Crippen LogP contribution in [0, 0.1) is 0 Å². The van der Waals surface area contributed by atoms with Crippen molar-refractivity contribution in [3.05, 3.63) is 64.1 Å². The number of rotatable bonds is 4. The first-order valence-electron chi connectivity index (χ1n) is 6.96. The zero-order valence-corrected chi connectivity index (χ0v) is 14.5. The van der Waals surface area contributed by atoms with Crippen LogP contribution in [0.1, 0.15) is 11.5 Å². The Kier molecular flexibility index (Phi) is 4.12. The van der Waals surface area contributed by atoms with Gasteiger partial charge in [-0.15, -0.1) is 0 Å². The van der Waals surface area contributed by atoms with Gasteiger partial charge in [-0.3, -0.25) is 4.79 Å². The molecule has 0 spiro atoms. The predicted octanol–water partition coefficient (Wildman–Crippen LogP) is 2.72. The van der Waals surface area contributed by atoms with Gasteiger partial charge in [0, 0.05) is 16.0 Å². The molecule has 1 fully saturated rings. The number of halogens is 2. The number of benzene rings is 2. The van der Waals surface area contributed by atoms with E-state index in [9.17, 15) is 18.3 Å². The topological polar surface area (TPSA) is 97.5 Å². The van der Waals surface area contributed by atoms with E-state index in [4.69, 9.17) is 28.9 Å². The van der Waals surface area contributed by atoms with Crippen LogP contribution < -0.4 is 5.73 Å². The number of aliphatic carboxylic acids is 1. The summed E-state index contributed by atoms with van der Waals surface area (Å²) in [5, 5.41) is 9.08. The van der Waals surface area contributed by atoms with Gasteiger partial charge in [0.15, 0.2) is 9.84 Å². The van der Waals surface area contributed by atoms with Gasteiger partial charge in [0.2, 0.25) is 0 Å². The molecule has 24 heavy (non-hydrogen) atoms. The zero-order valence-electron chi connectivity index (χ0n) is 12.2. The van der Waals surface area contributed by atoms with E-state index in [1.54, 1.807) is 24.3 Å². The fourth-order valence-corrected chi connectivity index (χ4v) is 5.44. The van der Waals surface area contributed by atoms with Crippen LogP contribution in [-0.4, -0.2) is 30.3 Å². The highest BCUT2D eigenvalue weighted by molar-refractivity contribution is 7.92. The van der Waals surface area contributed by atoms with Crippen molar-refractivity contribution in [2.24, 2.45) is 5.73 Å². The normalized spacial score (nSPS) is 26.1. The summed E-state index contributed by atoms with van der Waals surface area (Å²) in [5.41, 5.74) is 4.60. The number of nitrogens with two attached hydrogens (primary N) is 1. The Morgan fingerprint density at radius 2 is 1.46 bits per heavy atom. The van der Waals surface area contributed by atoms with Crippen molar-refractivity contribution in [2.75, 3.05) is 0 Å². The molecule has 5 nitrogen and oxygen atoms in total. The molecule has 3 N–H and O–H groups in total. The summed E-state index contributed by atoms with van der Waals surface area (Å²) in [6.45, 7) is 0. The van der Waals surface area contributed by atoms with Crippen LogP contribution in [0.5, 0.6) is 0 Å². The van der Waals surface area contributed by atoms with E-state index >= 15 is 0 Å². The van der Waals surface area contributed by atoms with Crippen LogP contribution in [0.15, 0.2) is 53.4 Å². The largest absolute Gasteiger partial charge is 0.480 e. The molecule has 8 heteroatoms. The minimum Gasteiger partial charge on any atom is -0.480 e. The molecule has 0 heterocycles.